The first-order chi connectivity index (χ1) is 8.15. The quantitative estimate of drug-likeness (QED) is 0.869. The molecule has 100 valence electrons. The van der Waals surface area contributed by atoms with Crippen molar-refractivity contribution >= 4 is 5.91 Å². The van der Waals surface area contributed by atoms with Gasteiger partial charge in [-0.05, 0) is 26.0 Å². The Labute approximate surface area is 102 Å². The minimum absolute atomic E-state index is 0.135. The Morgan fingerprint density at radius 1 is 1.39 bits per heavy atom. The summed E-state index contributed by atoms with van der Waals surface area (Å²) in [6.07, 6.45) is -3.88. The summed E-state index contributed by atoms with van der Waals surface area (Å²) in [6.45, 7) is 2.86. The third-order valence-corrected chi connectivity index (χ3v) is 2.17. The van der Waals surface area contributed by atoms with Crippen LogP contribution in [-0.4, -0.2) is 28.1 Å². The first-order valence-electron chi connectivity index (χ1n) is 5.12. The number of nitrogens with one attached hydrogen (secondary N) is 1. The zero-order valence-corrected chi connectivity index (χ0v) is 9.88. The number of nitrogens with zero attached hydrogens (tertiary/aromatic N) is 1. The summed E-state index contributed by atoms with van der Waals surface area (Å²) in [5.41, 5.74) is -1.91. The van der Waals surface area contributed by atoms with Crippen LogP contribution in [0.4, 0.5) is 13.2 Å². The van der Waals surface area contributed by atoms with Crippen LogP contribution in [0.5, 0.6) is 0 Å². The number of carbonyl (C=O) groups is 1. The number of aliphatic hydroxyl groups is 1. The number of rotatable bonds is 3. The molecule has 1 aromatic rings. The van der Waals surface area contributed by atoms with Crippen LogP contribution in [0.2, 0.25) is 0 Å². The Kier molecular flexibility index (Phi) is 3.95. The maximum absolute atomic E-state index is 12.3. The fraction of sp³-hybridized carbons (Fsp3) is 0.455. The first kappa shape index (κ1) is 14.4. The standard InChI is InChI=1S/C11H13F3N2O2/c1-10(2,6-17)16-9(18)8-4-3-7(5-15-8)11(12,13)14/h3-5,17H,6H2,1-2H3,(H,16,18). The number of pyridine rings is 1. The molecule has 0 fully saturated rings. The number of aliphatic hydroxyl groups excluding tert-OH is 1. The molecular formula is C11H13F3N2O2. The van der Waals surface area contributed by atoms with Gasteiger partial charge in [-0.3, -0.25) is 9.78 Å². The van der Waals surface area contributed by atoms with E-state index in [1.165, 1.54) is 0 Å². The number of alkyl halides is 3. The molecule has 1 amide bonds. The maximum atomic E-state index is 12.3. The van der Waals surface area contributed by atoms with Gasteiger partial charge in [0.05, 0.1) is 17.7 Å². The zero-order chi connectivity index (χ0) is 14.0. The van der Waals surface area contributed by atoms with E-state index in [4.69, 9.17) is 5.11 Å². The van der Waals surface area contributed by atoms with Crippen molar-refractivity contribution < 1.29 is 23.1 Å². The molecule has 0 aliphatic rings. The van der Waals surface area contributed by atoms with Crippen molar-refractivity contribution in [3.05, 3.63) is 29.6 Å². The average Bonchev–Trinajstić information content (AvgIpc) is 2.27. The first-order valence-corrected chi connectivity index (χ1v) is 5.12. The molecule has 1 aromatic heterocycles. The number of carbonyl (C=O) groups excluding carboxylic acids is 1. The van der Waals surface area contributed by atoms with Crippen LogP contribution in [-0.2, 0) is 6.18 Å². The highest BCUT2D eigenvalue weighted by atomic mass is 19.4. The van der Waals surface area contributed by atoms with Gasteiger partial charge in [-0.15, -0.1) is 0 Å². The van der Waals surface area contributed by atoms with Crippen molar-refractivity contribution in [3.63, 3.8) is 0 Å². The Morgan fingerprint density at radius 3 is 2.39 bits per heavy atom. The van der Waals surface area contributed by atoms with Crippen molar-refractivity contribution in [2.75, 3.05) is 6.61 Å². The second kappa shape index (κ2) is 4.93. The molecule has 0 saturated heterocycles. The molecule has 0 unspecified atom stereocenters. The second-order valence-corrected chi connectivity index (χ2v) is 4.43. The fourth-order valence-electron chi connectivity index (χ4n) is 1.11. The van der Waals surface area contributed by atoms with Gasteiger partial charge in [0.2, 0.25) is 0 Å². The summed E-state index contributed by atoms with van der Waals surface area (Å²) in [4.78, 5) is 15.1. The summed E-state index contributed by atoms with van der Waals surface area (Å²) in [5, 5.41) is 11.4. The van der Waals surface area contributed by atoms with E-state index in [0.29, 0.717) is 6.20 Å². The molecule has 0 atom stereocenters. The van der Waals surface area contributed by atoms with Crippen molar-refractivity contribution in [1.82, 2.24) is 10.3 Å². The monoisotopic (exact) mass is 262 g/mol. The van der Waals surface area contributed by atoms with Crippen molar-refractivity contribution in [1.29, 1.82) is 0 Å². The molecule has 0 saturated carbocycles. The minimum Gasteiger partial charge on any atom is -0.394 e. The Balaban J connectivity index is 2.83. The molecule has 7 heteroatoms. The molecule has 18 heavy (non-hydrogen) atoms. The summed E-state index contributed by atoms with van der Waals surface area (Å²) in [5.74, 6) is -0.636. The van der Waals surface area contributed by atoms with E-state index in [1.54, 1.807) is 13.8 Å². The van der Waals surface area contributed by atoms with E-state index in [-0.39, 0.29) is 12.3 Å². The van der Waals surface area contributed by atoms with Crippen LogP contribution in [0.3, 0.4) is 0 Å². The lowest BCUT2D eigenvalue weighted by atomic mass is 10.1. The predicted octanol–water partition coefficient (Wildman–Crippen LogP) is 1.60. The average molecular weight is 262 g/mol. The highest BCUT2D eigenvalue weighted by molar-refractivity contribution is 5.92. The van der Waals surface area contributed by atoms with Crippen molar-refractivity contribution in [3.8, 4) is 0 Å². The van der Waals surface area contributed by atoms with Gasteiger partial charge < -0.3 is 10.4 Å². The Bertz CT molecular complexity index is 427. The molecule has 0 aromatic carbocycles. The van der Waals surface area contributed by atoms with E-state index in [1.807, 2.05) is 0 Å². The minimum atomic E-state index is -4.48. The van der Waals surface area contributed by atoms with Gasteiger partial charge in [0, 0.05) is 6.20 Å². The number of hydrogen-bond donors (Lipinski definition) is 2. The van der Waals surface area contributed by atoms with Crippen LogP contribution >= 0.6 is 0 Å². The normalized spacial score (nSPS) is 12.3. The van der Waals surface area contributed by atoms with E-state index >= 15 is 0 Å². The molecule has 0 spiro atoms. The molecule has 0 aliphatic heterocycles. The third kappa shape index (κ3) is 3.69. The van der Waals surface area contributed by atoms with E-state index in [9.17, 15) is 18.0 Å². The van der Waals surface area contributed by atoms with Crippen LogP contribution in [0, 0.1) is 0 Å². The van der Waals surface area contributed by atoms with Crippen molar-refractivity contribution in [2.24, 2.45) is 0 Å². The van der Waals surface area contributed by atoms with E-state index in [2.05, 4.69) is 10.3 Å². The lowest BCUT2D eigenvalue weighted by Crippen LogP contribution is -2.46. The smallest absolute Gasteiger partial charge is 0.394 e. The molecule has 1 heterocycles. The molecular weight excluding hydrogens is 249 g/mol. The molecule has 0 aliphatic carbocycles. The molecule has 1 rings (SSSR count). The highest BCUT2D eigenvalue weighted by Gasteiger charge is 2.31. The van der Waals surface area contributed by atoms with Gasteiger partial charge in [0.15, 0.2) is 0 Å². The van der Waals surface area contributed by atoms with Gasteiger partial charge in [0.25, 0.3) is 5.91 Å². The third-order valence-electron chi connectivity index (χ3n) is 2.17. The largest absolute Gasteiger partial charge is 0.417 e. The van der Waals surface area contributed by atoms with Gasteiger partial charge in [-0.2, -0.15) is 13.2 Å². The number of hydrogen-bond acceptors (Lipinski definition) is 3. The predicted molar refractivity (Wildman–Crippen MR) is 57.9 cm³/mol. The van der Waals surface area contributed by atoms with Crippen LogP contribution in [0.1, 0.15) is 29.9 Å². The zero-order valence-electron chi connectivity index (χ0n) is 9.88. The molecule has 0 radical (unpaired) electrons. The van der Waals surface area contributed by atoms with Gasteiger partial charge >= 0.3 is 6.18 Å². The number of aromatic nitrogens is 1. The lowest BCUT2D eigenvalue weighted by molar-refractivity contribution is -0.137. The van der Waals surface area contributed by atoms with E-state index in [0.717, 1.165) is 12.1 Å². The molecule has 4 nitrogen and oxygen atoms in total. The van der Waals surface area contributed by atoms with Gasteiger partial charge in [-0.1, -0.05) is 0 Å². The summed E-state index contributed by atoms with van der Waals surface area (Å²) in [7, 11) is 0. The lowest BCUT2D eigenvalue weighted by Gasteiger charge is -2.23. The highest BCUT2D eigenvalue weighted by Crippen LogP contribution is 2.28. The summed E-state index contributed by atoms with van der Waals surface area (Å²) >= 11 is 0. The topological polar surface area (TPSA) is 62.2 Å². The summed E-state index contributed by atoms with van der Waals surface area (Å²) in [6, 6.07) is 1.78. The van der Waals surface area contributed by atoms with Crippen LogP contribution in [0.15, 0.2) is 18.3 Å². The Hall–Kier alpha value is -1.63. The molecule has 2 N–H and O–H groups in total. The number of amides is 1. The maximum Gasteiger partial charge on any atom is 0.417 e. The Morgan fingerprint density at radius 2 is 2.00 bits per heavy atom. The fourth-order valence-corrected chi connectivity index (χ4v) is 1.11. The second-order valence-electron chi connectivity index (χ2n) is 4.43. The molecule has 0 bridgehead atoms. The van der Waals surface area contributed by atoms with Gasteiger partial charge in [0.1, 0.15) is 5.69 Å². The number of halogens is 3. The summed E-state index contributed by atoms with van der Waals surface area (Å²) < 4.78 is 36.8. The van der Waals surface area contributed by atoms with Crippen LogP contribution in [0.25, 0.3) is 0 Å². The van der Waals surface area contributed by atoms with Crippen molar-refractivity contribution in [2.45, 2.75) is 25.6 Å². The van der Waals surface area contributed by atoms with Gasteiger partial charge in [-0.25, -0.2) is 0 Å². The van der Waals surface area contributed by atoms with E-state index < -0.39 is 23.2 Å². The van der Waals surface area contributed by atoms with Crippen LogP contribution < -0.4 is 5.32 Å². The SMILES string of the molecule is CC(C)(CO)NC(=O)c1ccc(C(F)(F)F)cn1.